The third-order valence-corrected chi connectivity index (χ3v) is 9.56. The van der Waals surface area contributed by atoms with Gasteiger partial charge in [0.15, 0.2) is 0 Å². The highest BCUT2D eigenvalue weighted by Gasteiger charge is 2.33. The van der Waals surface area contributed by atoms with Crippen molar-refractivity contribution in [2.45, 2.75) is 36.7 Å². The SMILES string of the molecule is COc1ccc(CN(C)C[C@@H]2Oc3ccc(NS(=O)(=O)c4cccs4)cc3C(=O)N([C@H](C)CO)C[C@H]2C)cc1. The zero-order valence-electron chi connectivity index (χ0n) is 22.5. The van der Waals surface area contributed by atoms with Gasteiger partial charge in [0.05, 0.1) is 25.3 Å². The van der Waals surface area contributed by atoms with Gasteiger partial charge in [0, 0.05) is 31.2 Å². The van der Waals surface area contributed by atoms with Crippen molar-refractivity contribution < 1.29 is 27.8 Å². The second kappa shape index (κ2) is 12.4. The van der Waals surface area contributed by atoms with Gasteiger partial charge in [0.1, 0.15) is 21.8 Å². The summed E-state index contributed by atoms with van der Waals surface area (Å²) in [5.41, 5.74) is 1.64. The van der Waals surface area contributed by atoms with E-state index in [9.17, 15) is 18.3 Å². The summed E-state index contributed by atoms with van der Waals surface area (Å²) in [5, 5.41) is 11.6. The summed E-state index contributed by atoms with van der Waals surface area (Å²) in [6.45, 7) is 5.30. The lowest BCUT2D eigenvalue weighted by Gasteiger charge is -2.38. The highest BCUT2D eigenvalue weighted by Crippen LogP contribution is 2.32. The molecule has 9 nitrogen and oxygen atoms in total. The van der Waals surface area contributed by atoms with Crippen LogP contribution in [0.4, 0.5) is 5.69 Å². The van der Waals surface area contributed by atoms with E-state index in [2.05, 4.69) is 9.62 Å². The Balaban J connectivity index is 1.60. The number of likely N-dealkylation sites (N-methyl/N-ethyl adjacent to an activating group) is 1. The molecule has 0 saturated carbocycles. The Morgan fingerprint density at radius 1 is 1.23 bits per heavy atom. The monoisotopic (exact) mass is 573 g/mol. The van der Waals surface area contributed by atoms with E-state index in [1.165, 1.54) is 12.1 Å². The van der Waals surface area contributed by atoms with E-state index >= 15 is 0 Å². The minimum absolute atomic E-state index is 0.0357. The summed E-state index contributed by atoms with van der Waals surface area (Å²) in [4.78, 5) is 17.4. The lowest BCUT2D eigenvalue weighted by atomic mass is 9.99. The number of hydrogen-bond acceptors (Lipinski definition) is 8. The predicted octanol–water partition coefficient (Wildman–Crippen LogP) is 3.91. The summed E-state index contributed by atoms with van der Waals surface area (Å²) < 4.78 is 40.0. The third-order valence-electron chi connectivity index (χ3n) is 6.78. The van der Waals surface area contributed by atoms with Gasteiger partial charge < -0.3 is 19.5 Å². The van der Waals surface area contributed by atoms with Crippen molar-refractivity contribution in [3.05, 3.63) is 71.1 Å². The van der Waals surface area contributed by atoms with Gasteiger partial charge in [-0.2, -0.15) is 0 Å². The number of nitrogens with one attached hydrogen (secondary N) is 1. The first-order valence-corrected chi connectivity index (χ1v) is 15.1. The Morgan fingerprint density at radius 2 is 1.97 bits per heavy atom. The van der Waals surface area contributed by atoms with Crippen molar-refractivity contribution in [1.82, 2.24) is 9.80 Å². The van der Waals surface area contributed by atoms with Gasteiger partial charge in [0.2, 0.25) is 0 Å². The number of rotatable bonds is 10. The van der Waals surface area contributed by atoms with E-state index in [0.29, 0.717) is 25.4 Å². The van der Waals surface area contributed by atoms with Crippen LogP contribution < -0.4 is 14.2 Å². The first-order valence-electron chi connectivity index (χ1n) is 12.7. The highest BCUT2D eigenvalue weighted by molar-refractivity contribution is 7.94. The molecule has 11 heteroatoms. The second-order valence-corrected chi connectivity index (χ2v) is 12.8. The van der Waals surface area contributed by atoms with E-state index < -0.39 is 16.1 Å². The molecule has 3 aromatic rings. The van der Waals surface area contributed by atoms with Crippen LogP contribution in [0.25, 0.3) is 0 Å². The van der Waals surface area contributed by atoms with Crippen molar-refractivity contribution in [2.24, 2.45) is 5.92 Å². The molecule has 2 heterocycles. The predicted molar refractivity (Wildman–Crippen MR) is 152 cm³/mol. The number of carbonyl (C=O) groups excluding carboxylic acids is 1. The lowest BCUT2D eigenvalue weighted by Crippen LogP contribution is -2.49. The molecule has 0 spiro atoms. The fourth-order valence-corrected chi connectivity index (χ4v) is 6.58. The first kappa shape index (κ1) is 28.9. The molecule has 39 heavy (non-hydrogen) atoms. The summed E-state index contributed by atoms with van der Waals surface area (Å²) in [6, 6.07) is 15.4. The number of hydrogen-bond donors (Lipinski definition) is 2. The van der Waals surface area contributed by atoms with Crippen LogP contribution in [-0.4, -0.2) is 75.2 Å². The van der Waals surface area contributed by atoms with Crippen LogP contribution in [0.1, 0.15) is 29.8 Å². The number of carbonyl (C=O) groups is 1. The van der Waals surface area contributed by atoms with Crippen LogP contribution in [0.3, 0.4) is 0 Å². The molecule has 1 amide bonds. The highest BCUT2D eigenvalue weighted by atomic mass is 32.2. The van der Waals surface area contributed by atoms with Crippen molar-refractivity contribution in [3.8, 4) is 11.5 Å². The number of anilines is 1. The van der Waals surface area contributed by atoms with Gasteiger partial charge in [-0.1, -0.05) is 25.1 Å². The minimum atomic E-state index is -3.79. The van der Waals surface area contributed by atoms with Crippen molar-refractivity contribution in [3.63, 3.8) is 0 Å². The van der Waals surface area contributed by atoms with Crippen molar-refractivity contribution >= 4 is 33.0 Å². The smallest absolute Gasteiger partial charge is 0.271 e. The number of benzene rings is 2. The maximum Gasteiger partial charge on any atom is 0.271 e. The molecular weight excluding hydrogens is 538 g/mol. The second-order valence-electron chi connectivity index (χ2n) is 9.92. The summed E-state index contributed by atoms with van der Waals surface area (Å²) in [6.07, 6.45) is -0.262. The fraction of sp³-hybridized carbons (Fsp3) is 0.393. The van der Waals surface area contributed by atoms with Gasteiger partial charge >= 0.3 is 0 Å². The van der Waals surface area contributed by atoms with Gasteiger partial charge in [-0.25, -0.2) is 8.42 Å². The summed E-state index contributed by atoms with van der Waals surface area (Å²) in [7, 11) is -0.132. The molecular formula is C28H35N3O6S2. The summed E-state index contributed by atoms with van der Waals surface area (Å²) >= 11 is 1.11. The molecule has 1 aromatic heterocycles. The average molecular weight is 574 g/mol. The minimum Gasteiger partial charge on any atom is -0.497 e. The average Bonchev–Trinajstić information content (AvgIpc) is 3.47. The Labute approximate surface area is 234 Å². The quantitative estimate of drug-likeness (QED) is 0.379. The molecule has 2 N–H and O–H groups in total. The standard InChI is InChI=1S/C28H35N3O6S2/c1-19-15-31(20(2)18-32)28(33)24-14-22(29-39(34,35)27-6-5-13-38-27)9-12-25(24)37-26(19)17-30(3)16-21-7-10-23(36-4)11-8-21/h5-14,19-20,26,29,32H,15-18H2,1-4H3/t19-,20-,26+/m1/s1. The Kier molecular flexibility index (Phi) is 9.16. The van der Waals surface area contributed by atoms with Gasteiger partial charge in [-0.15, -0.1) is 11.3 Å². The maximum absolute atomic E-state index is 13.6. The van der Waals surface area contributed by atoms with Gasteiger partial charge in [-0.3, -0.25) is 14.4 Å². The topological polar surface area (TPSA) is 108 Å². The number of fused-ring (bicyclic) bond motifs is 1. The van der Waals surface area contributed by atoms with Crippen LogP contribution in [0.5, 0.6) is 11.5 Å². The normalized spacial score (nSPS) is 18.6. The zero-order chi connectivity index (χ0) is 28.2. The molecule has 1 aliphatic rings. The molecule has 0 aliphatic carbocycles. The first-order chi connectivity index (χ1) is 18.6. The van der Waals surface area contributed by atoms with Crippen LogP contribution >= 0.6 is 11.3 Å². The van der Waals surface area contributed by atoms with E-state index in [-0.39, 0.29) is 40.0 Å². The molecule has 0 saturated heterocycles. The zero-order valence-corrected chi connectivity index (χ0v) is 24.2. The molecule has 0 fully saturated rings. The van der Waals surface area contributed by atoms with E-state index in [1.807, 2.05) is 38.2 Å². The molecule has 2 aromatic carbocycles. The van der Waals surface area contributed by atoms with Crippen molar-refractivity contribution in [2.75, 3.05) is 38.6 Å². The van der Waals surface area contributed by atoms with Crippen LogP contribution in [-0.2, 0) is 16.6 Å². The number of sulfonamides is 1. The molecule has 0 unspecified atom stereocenters. The molecule has 0 bridgehead atoms. The Morgan fingerprint density at radius 3 is 2.62 bits per heavy atom. The fourth-order valence-electron chi connectivity index (χ4n) is 4.54. The van der Waals surface area contributed by atoms with Gasteiger partial charge in [-0.05, 0) is 61.3 Å². The van der Waals surface area contributed by atoms with E-state index in [0.717, 1.165) is 22.6 Å². The summed E-state index contributed by atoms with van der Waals surface area (Å²) in [5.74, 6) is 0.824. The molecule has 0 radical (unpaired) electrons. The molecule has 4 rings (SSSR count). The van der Waals surface area contributed by atoms with Crippen LogP contribution in [0, 0.1) is 5.92 Å². The number of nitrogens with zero attached hydrogens (tertiary/aromatic N) is 2. The Hall–Kier alpha value is -3.12. The van der Waals surface area contributed by atoms with Crippen LogP contribution in [0.15, 0.2) is 64.2 Å². The largest absolute Gasteiger partial charge is 0.497 e. The number of aliphatic hydroxyl groups excluding tert-OH is 1. The maximum atomic E-state index is 13.6. The third kappa shape index (κ3) is 6.91. The van der Waals surface area contributed by atoms with Crippen LogP contribution in [0.2, 0.25) is 0 Å². The number of thiophene rings is 1. The van der Waals surface area contributed by atoms with Gasteiger partial charge in [0.25, 0.3) is 15.9 Å². The number of ether oxygens (including phenoxy) is 2. The van der Waals surface area contributed by atoms with E-state index in [4.69, 9.17) is 9.47 Å². The lowest BCUT2D eigenvalue weighted by molar-refractivity contribution is 0.0341. The number of aliphatic hydroxyl groups is 1. The van der Waals surface area contributed by atoms with E-state index in [1.54, 1.807) is 42.5 Å². The Bertz CT molecular complexity index is 1360. The number of methoxy groups -OCH3 is 1. The van der Waals surface area contributed by atoms with Crippen molar-refractivity contribution in [1.29, 1.82) is 0 Å². The number of amides is 1. The molecule has 1 aliphatic heterocycles. The molecule has 3 atom stereocenters. The molecule has 210 valence electrons.